The number of rotatable bonds is 4. The maximum atomic E-state index is 12.4. The highest BCUT2D eigenvalue weighted by Gasteiger charge is 2.17. The Balaban J connectivity index is 1.74. The van der Waals surface area contributed by atoms with E-state index in [1.807, 2.05) is 42.6 Å². The minimum atomic E-state index is -0.137. The topological polar surface area (TPSA) is 46.3 Å². The van der Waals surface area contributed by atoms with E-state index < -0.39 is 0 Å². The fourth-order valence-corrected chi connectivity index (χ4v) is 2.79. The molecule has 2 heterocycles. The molecule has 0 aliphatic rings. The number of benzene rings is 1. The molecule has 3 aromatic rings. The zero-order valence-electron chi connectivity index (χ0n) is 12.4. The minimum absolute atomic E-state index is 0.137. The Morgan fingerprint density at radius 1 is 1.23 bits per heavy atom. The van der Waals surface area contributed by atoms with Crippen LogP contribution in [0.4, 0.5) is 0 Å². The quantitative estimate of drug-likeness (QED) is 0.732. The van der Waals surface area contributed by atoms with Crippen molar-refractivity contribution < 1.29 is 9.21 Å². The highest BCUT2D eigenvalue weighted by Crippen LogP contribution is 2.24. The zero-order chi connectivity index (χ0) is 15.5. The number of hydrogen-bond donors (Lipinski definition) is 0. The van der Waals surface area contributed by atoms with Gasteiger partial charge in [0.25, 0.3) is 5.91 Å². The summed E-state index contributed by atoms with van der Waals surface area (Å²) in [5.41, 5.74) is 1.85. The molecule has 1 aromatic carbocycles. The van der Waals surface area contributed by atoms with Gasteiger partial charge in [0.15, 0.2) is 11.5 Å². The van der Waals surface area contributed by atoms with Crippen molar-refractivity contribution in [2.24, 2.45) is 0 Å². The van der Waals surface area contributed by atoms with Gasteiger partial charge in [0, 0.05) is 19.0 Å². The molecule has 0 bridgehead atoms. The Bertz CT molecular complexity index is 777. The first kappa shape index (κ1) is 14.5. The van der Waals surface area contributed by atoms with E-state index >= 15 is 0 Å². The van der Waals surface area contributed by atoms with Crippen molar-refractivity contribution in [1.29, 1.82) is 0 Å². The van der Waals surface area contributed by atoms with E-state index in [1.54, 1.807) is 35.4 Å². The third-order valence-electron chi connectivity index (χ3n) is 3.30. The molecular weight excluding hydrogens is 296 g/mol. The number of thiazole rings is 1. The Morgan fingerprint density at radius 3 is 2.68 bits per heavy atom. The summed E-state index contributed by atoms with van der Waals surface area (Å²) in [4.78, 5) is 18.4. The van der Waals surface area contributed by atoms with Crippen LogP contribution in [0, 0.1) is 6.92 Å². The minimum Gasteiger partial charge on any atom is -0.449 e. The summed E-state index contributed by atoms with van der Waals surface area (Å²) in [6.07, 6.45) is 0. The molecule has 0 saturated heterocycles. The molecule has 0 unspecified atom stereocenters. The third-order valence-corrected chi connectivity index (χ3v) is 4.07. The average Bonchev–Trinajstić information content (AvgIpc) is 3.16. The highest BCUT2D eigenvalue weighted by molar-refractivity contribution is 7.09. The van der Waals surface area contributed by atoms with E-state index in [0.29, 0.717) is 18.1 Å². The van der Waals surface area contributed by atoms with Crippen LogP contribution in [0.5, 0.6) is 0 Å². The summed E-state index contributed by atoms with van der Waals surface area (Å²) >= 11 is 1.56. The van der Waals surface area contributed by atoms with Gasteiger partial charge >= 0.3 is 0 Å². The number of furan rings is 1. The Kier molecular flexibility index (Phi) is 4.06. The maximum absolute atomic E-state index is 12.4. The molecule has 0 spiro atoms. The van der Waals surface area contributed by atoms with Crippen LogP contribution in [0.1, 0.15) is 21.1 Å². The SMILES string of the molecule is Cc1nc(-c2ccc(C(=O)N(C)Cc3ccccc3)o2)cs1. The number of carbonyl (C=O) groups excluding carboxylic acids is 1. The van der Waals surface area contributed by atoms with Gasteiger partial charge < -0.3 is 9.32 Å². The second-order valence-corrected chi connectivity index (χ2v) is 6.12. The molecule has 0 aliphatic heterocycles. The predicted molar refractivity (Wildman–Crippen MR) is 86.8 cm³/mol. The fourth-order valence-electron chi connectivity index (χ4n) is 2.18. The molecule has 0 saturated carbocycles. The second kappa shape index (κ2) is 6.15. The second-order valence-electron chi connectivity index (χ2n) is 5.06. The van der Waals surface area contributed by atoms with Crippen molar-refractivity contribution in [3.05, 3.63) is 64.2 Å². The van der Waals surface area contributed by atoms with Crippen molar-refractivity contribution in [3.63, 3.8) is 0 Å². The molecule has 1 amide bonds. The van der Waals surface area contributed by atoms with Gasteiger partial charge in [0.2, 0.25) is 0 Å². The lowest BCUT2D eigenvalue weighted by Crippen LogP contribution is -2.25. The average molecular weight is 312 g/mol. The van der Waals surface area contributed by atoms with Crippen molar-refractivity contribution in [2.45, 2.75) is 13.5 Å². The van der Waals surface area contributed by atoms with Gasteiger partial charge in [0.1, 0.15) is 5.69 Å². The maximum Gasteiger partial charge on any atom is 0.289 e. The molecule has 2 aromatic heterocycles. The van der Waals surface area contributed by atoms with Crippen LogP contribution >= 0.6 is 11.3 Å². The fraction of sp³-hybridized carbons (Fsp3) is 0.176. The molecule has 22 heavy (non-hydrogen) atoms. The number of aromatic nitrogens is 1. The van der Waals surface area contributed by atoms with Crippen molar-refractivity contribution in [1.82, 2.24) is 9.88 Å². The van der Waals surface area contributed by atoms with Crippen LogP contribution in [-0.4, -0.2) is 22.8 Å². The molecule has 3 rings (SSSR count). The third kappa shape index (κ3) is 3.09. The molecule has 0 N–H and O–H groups in total. The number of amides is 1. The van der Waals surface area contributed by atoms with Crippen LogP contribution in [0.25, 0.3) is 11.5 Å². The Morgan fingerprint density at radius 2 is 2.00 bits per heavy atom. The summed E-state index contributed by atoms with van der Waals surface area (Å²) in [7, 11) is 1.77. The van der Waals surface area contributed by atoms with Crippen molar-refractivity contribution in [3.8, 4) is 11.5 Å². The van der Waals surface area contributed by atoms with Crippen LogP contribution < -0.4 is 0 Å². The molecule has 0 atom stereocenters. The lowest BCUT2D eigenvalue weighted by molar-refractivity contribution is 0.0754. The summed E-state index contributed by atoms with van der Waals surface area (Å²) in [5.74, 6) is 0.821. The van der Waals surface area contributed by atoms with Gasteiger partial charge in [-0.15, -0.1) is 11.3 Å². The number of nitrogens with zero attached hydrogens (tertiary/aromatic N) is 2. The van der Waals surface area contributed by atoms with E-state index in [9.17, 15) is 4.79 Å². The standard InChI is InChI=1S/C17H16N2O2S/c1-12-18-14(11-22-12)15-8-9-16(21-15)17(20)19(2)10-13-6-4-3-5-7-13/h3-9,11H,10H2,1-2H3. The van der Waals surface area contributed by atoms with E-state index in [4.69, 9.17) is 4.42 Å². The van der Waals surface area contributed by atoms with E-state index in [2.05, 4.69) is 4.98 Å². The smallest absolute Gasteiger partial charge is 0.289 e. The summed E-state index contributed by atoms with van der Waals surface area (Å²) < 4.78 is 5.66. The summed E-state index contributed by atoms with van der Waals surface area (Å²) in [6.45, 7) is 2.49. The molecule has 0 aliphatic carbocycles. The zero-order valence-corrected chi connectivity index (χ0v) is 13.3. The van der Waals surface area contributed by atoms with Gasteiger partial charge in [-0.05, 0) is 24.6 Å². The van der Waals surface area contributed by atoms with Crippen LogP contribution in [-0.2, 0) is 6.54 Å². The highest BCUT2D eigenvalue weighted by atomic mass is 32.1. The number of hydrogen-bond acceptors (Lipinski definition) is 4. The first-order valence-electron chi connectivity index (χ1n) is 6.95. The Hall–Kier alpha value is -2.40. The summed E-state index contributed by atoms with van der Waals surface area (Å²) in [6, 6.07) is 13.4. The van der Waals surface area contributed by atoms with Crippen molar-refractivity contribution >= 4 is 17.2 Å². The largest absolute Gasteiger partial charge is 0.449 e. The van der Waals surface area contributed by atoms with Crippen LogP contribution in [0.15, 0.2) is 52.3 Å². The Labute approximate surface area is 133 Å². The van der Waals surface area contributed by atoms with Crippen LogP contribution in [0.3, 0.4) is 0 Å². The van der Waals surface area contributed by atoms with Crippen molar-refractivity contribution in [2.75, 3.05) is 7.05 Å². The number of carbonyl (C=O) groups is 1. The summed E-state index contributed by atoms with van der Waals surface area (Å²) in [5, 5.41) is 2.90. The number of aryl methyl sites for hydroxylation is 1. The van der Waals surface area contributed by atoms with Gasteiger partial charge in [-0.2, -0.15) is 0 Å². The normalized spacial score (nSPS) is 10.6. The first-order valence-corrected chi connectivity index (χ1v) is 7.83. The van der Waals surface area contributed by atoms with Crippen LogP contribution in [0.2, 0.25) is 0 Å². The molecule has 112 valence electrons. The van der Waals surface area contributed by atoms with Gasteiger partial charge in [0.05, 0.1) is 5.01 Å². The molecule has 4 nitrogen and oxygen atoms in total. The molecular formula is C17H16N2O2S. The van der Waals surface area contributed by atoms with Gasteiger partial charge in [-0.3, -0.25) is 4.79 Å². The van der Waals surface area contributed by atoms with E-state index in [1.165, 1.54) is 0 Å². The lowest BCUT2D eigenvalue weighted by Gasteiger charge is -2.15. The predicted octanol–water partition coefficient (Wildman–Crippen LogP) is 3.98. The monoisotopic (exact) mass is 312 g/mol. The molecule has 0 radical (unpaired) electrons. The van der Waals surface area contributed by atoms with Gasteiger partial charge in [-0.1, -0.05) is 30.3 Å². The van der Waals surface area contributed by atoms with Gasteiger partial charge in [-0.25, -0.2) is 4.98 Å². The molecule has 0 fully saturated rings. The first-order chi connectivity index (χ1) is 10.6. The van der Waals surface area contributed by atoms with E-state index in [-0.39, 0.29) is 5.91 Å². The lowest BCUT2D eigenvalue weighted by atomic mass is 10.2. The van der Waals surface area contributed by atoms with E-state index in [0.717, 1.165) is 16.3 Å². The molecule has 5 heteroatoms.